The van der Waals surface area contributed by atoms with Gasteiger partial charge in [0.25, 0.3) is 0 Å². The van der Waals surface area contributed by atoms with Gasteiger partial charge in [-0.05, 0) is 19.8 Å². The molecule has 1 aromatic rings. The molecule has 0 aliphatic heterocycles. The van der Waals surface area contributed by atoms with Crippen molar-refractivity contribution in [1.82, 2.24) is 9.97 Å². The number of rotatable bonds is 3. The fraction of sp³-hybridized carbons (Fsp3) is 0.545. The van der Waals surface area contributed by atoms with Gasteiger partial charge in [0, 0.05) is 17.8 Å². The maximum absolute atomic E-state index is 10.8. The van der Waals surface area contributed by atoms with Crippen LogP contribution in [0.5, 0.6) is 0 Å². The number of aromatic nitrogens is 2. The van der Waals surface area contributed by atoms with Crippen LogP contribution in [0.25, 0.3) is 0 Å². The van der Waals surface area contributed by atoms with Gasteiger partial charge in [0.15, 0.2) is 0 Å². The SMILES string of the molecule is Cc1cnc(C2(CC(=O)O)CCC2)cn1. The number of nitrogens with zero attached hydrogens (tertiary/aromatic N) is 2. The van der Waals surface area contributed by atoms with E-state index in [1.165, 1.54) is 0 Å². The summed E-state index contributed by atoms with van der Waals surface area (Å²) in [5, 5.41) is 8.88. The number of hydrogen-bond acceptors (Lipinski definition) is 3. The lowest BCUT2D eigenvalue weighted by Crippen LogP contribution is -2.37. The van der Waals surface area contributed by atoms with E-state index in [1.54, 1.807) is 12.4 Å². The van der Waals surface area contributed by atoms with Crippen molar-refractivity contribution < 1.29 is 9.90 Å². The number of hydrogen-bond donors (Lipinski definition) is 1. The molecule has 4 heteroatoms. The Kier molecular flexibility index (Phi) is 2.42. The Bertz CT molecular complexity index is 369. The van der Waals surface area contributed by atoms with E-state index in [2.05, 4.69) is 9.97 Å². The van der Waals surface area contributed by atoms with Crippen LogP contribution in [-0.2, 0) is 10.2 Å². The number of carboxylic acid groups (broad SMARTS) is 1. The summed E-state index contributed by atoms with van der Waals surface area (Å²) in [6, 6.07) is 0. The van der Waals surface area contributed by atoms with Gasteiger partial charge in [0.1, 0.15) is 0 Å². The lowest BCUT2D eigenvalue weighted by Gasteiger charge is -2.39. The second-order valence-electron chi connectivity index (χ2n) is 4.25. The lowest BCUT2D eigenvalue weighted by atomic mass is 9.64. The molecule has 2 rings (SSSR count). The molecule has 0 amide bonds. The van der Waals surface area contributed by atoms with Gasteiger partial charge >= 0.3 is 5.97 Å². The van der Waals surface area contributed by atoms with E-state index in [0.717, 1.165) is 30.7 Å². The fourth-order valence-corrected chi connectivity index (χ4v) is 2.08. The Morgan fingerprint density at radius 1 is 1.47 bits per heavy atom. The average Bonchev–Trinajstić information content (AvgIpc) is 2.13. The van der Waals surface area contributed by atoms with Crippen molar-refractivity contribution in [3.8, 4) is 0 Å². The molecule has 1 aromatic heterocycles. The minimum absolute atomic E-state index is 0.171. The highest BCUT2D eigenvalue weighted by Crippen LogP contribution is 2.45. The van der Waals surface area contributed by atoms with Crippen LogP contribution in [0.1, 0.15) is 37.1 Å². The zero-order valence-electron chi connectivity index (χ0n) is 8.73. The van der Waals surface area contributed by atoms with Crippen molar-refractivity contribution in [2.45, 2.75) is 38.0 Å². The summed E-state index contributed by atoms with van der Waals surface area (Å²) in [6.07, 6.45) is 6.51. The standard InChI is InChI=1S/C11H14N2O2/c1-8-6-13-9(7-12-8)11(3-2-4-11)5-10(14)15/h6-7H,2-5H2,1H3,(H,14,15). The van der Waals surface area contributed by atoms with Crippen LogP contribution >= 0.6 is 0 Å². The first kappa shape index (κ1) is 10.1. The summed E-state index contributed by atoms with van der Waals surface area (Å²) in [7, 11) is 0. The van der Waals surface area contributed by atoms with Gasteiger partial charge in [0.2, 0.25) is 0 Å². The summed E-state index contributed by atoms with van der Waals surface area (Å²) in [5.41, 5.74) is 1.46. The van der Waals surface area contributed by atoms with Crippen molar-refractivity contribution in [1.29, 1.82) is 0 Å². The van der Waals surface area contributed by atoms with Crippen LogP contribution < -0.4 is 0 Å². The van der Waals surface area contributed by atoms with E-state index < -0.39 is 5.97 Å². The van der Waals surface area contributed by atoms with E-state index in [0.29, 0.717) is 0 Å². The minimum Gasteiger partial charge on any atom is -0.481 e. The molecule has 1 aliphatic rings. The Labute approximate surface area is 88.4 Å². The smallest absolute Gasteiger partial charge is 0.304 e. The van der Waals surface area contributed by atoms with E-state index in [9.17, 15) is 4.79 Å². The largest absolute Gasteiger partial charge is 0.481 e. The van der Waals surface area contributed by atoms with Gasteiger partial charge in [-0.2, -0.15) is 0 Å². The number of aryl methyl sites for hydroxylation is 1. The van der Waals surface area contributed by atoms with Crippen LogP contribution in [0.4, 0.5) is 0 Å². The molecule has 0 unspecified atom stereocenters. The van der Waals surface area contributed by atoms with Gasteiger partial charge in [-0.15, -0.1) is 0 Å². The normalized spacial score (nSPS) is 18.2. The molecule has 1 saturated carbocycles. The third kappa shape index (κ3) is 1.84. The quantitative estimate of drug-likeness (QED) is 0.817. The summed E-state index contributed by atoms with van der Waals surface area (Å²) in [4.78, 5) is 19.3. The Balaban J connectivity index is 2.26. The number of carboxylic acids is 1. The summed E-state index contributed by atoms with van der Waals surface area (Å²) in [5.74, 6) is -0.753. The van der Waals surface area contributed by atoms with Crippen LogP contribution in [0.15, 0.2) is 12.4 Å². The minimum atomic E-state index is -0.753. The molecule has 4 nitrogen and oxygen atoms in total. The maximum Gasteiger partial charge on any atom is 0.304 e. The van der Waals surface area contributed by atoms with Gasteiger partial charge in [-0.1, -0.05) is 6.42 Å². The topological polar surface area (TPSA) is 63.1 Å². The first-order valence-corrected chi connectivity index (χ1v) is 5.13. The van der Waals surface area contributed by atoms with Crippen LogP contribution in [0.3, 0.4) is 0 Å². The molecule has 15 heavy (non-hydrogen) atoms. The second-order valence-corrected chi connectivity index (χ2v) is 4.25. The molecular weight excluding hydrogens is 192 g/mol. The van der Waals surface area contributed by atoms with Gasteiger partial charge in [0.05, 0.1) is 17.8 Å². The van der Waals surface area contributed by atoms with Crippen molar-refractivity contribution in [2.75, 3.05) is 0 Å². The van der Waals surface area contributed by atoms with Crippen molar-refractivity contribution in [3.63, 3.8) is 0 Å². The number of aliphatic carboxylic acids is 1. The highest BCUT2D eigenvalue weighted by atomic mass is 16.4. The Hall–Kier alpha value is -1.45. The molecule has 1 aliphatic carbocycles. The maximum atomic E-state index is 10.8. The lowest BCUT2D eigenvalue weighted by molar-refractivity contribution is -0.139. The third-order valence-electron chi connectivity index (χ3n) is 3.12. The molecule has 1 fully saturated rings. The van der Waals surface area contributed by atoms with Gasteiger partial charge in [-0.3, -0.25) is 14.8 Å². The van der Waals surface area contributed by atoms with Crippen molar-refractivity contribution >= 4 is 5.97 Å². The molecule has 0 aromatic carbocycles. The van der Waals surface area contributed by atoms with E-state index in [1.807, 2.05) is 6.92 Å². The molecule has 0 bridgehead atoms. The van der Waals surface area contributed by atoms with Crippen LogP contribution in [-0.4, -0.2) is 21.0 Å². The molecule has 80 valence electrons. The van der Waals surface area contributed by atoms with E-state index in [-0.39, 0.29) is 11.8 Å². The summed E-state index contributed by atoms with van der Waals surface area (Å²) in [6.45, 7) is 1.88. The first-order valence-electron chi connectivity index (χ1n) is 5.13. The monoisotopic (exact) mass is 206 g/mol. The summed E-state index contributed by atoms with van der Waals surface area (Å²) < 4.78 is 0. The van der Waals surface area contributed by atoms with E-state index in [4.69, 9.17) is 5.11 Å². The Morgan fingerprint density at radius 2 is 2.20 bits per heavy atom. The van der Waals surface area contributed by atoms with Crippen molar-refractivity contribution in [2.24, 2.45) is 0 Å². The highest BCUT2D eigenvalue weighted by molar-refractivity contribution is 5.69. The molecule has 1 N–H and O–H groups in total. The molecule has 0 radical (unpaired) electrons. The zero-order chi connectivity index (χ0) is 10.9. The fourth-order valence-electron chi connectivity index (χ4n) is 2.08. The van der Waals surface area contributed by atoms with E-state index >= 15 is 0 Å². The van der Waals surface area contributed by atoms with Crippen molar-refractivity contribution in [3.05, 3.63) is 23.8 Å². The first-order chi connectivity index (χ1) is 7.12. The molecule has 0 atom stereocenters. The summed E-state index contributed by atoms with van der Waals surface area (Å²) >= 11 is 0. The predicted octanol–water partition coefficient (Wildman–Crippen LogP) is 1.68. The molecule has 0 spiro atoms. The average molecular weight is 206 g/mol. The van der Waals surface area contributed by atoms with Crippen LogP contribution in [0.2, 0.25) is 0 Å². The third-order valence-corrected chi connectivity index (χ3v) is 3.12. The molecule has 1 heterocycles. The van der Waals surface area contributed by atoms with Gasteiger partial charge in [-0.25, -0.2) is 0 Å². The van der Waals surface area contributed by atoms with Gasteiger partial charge < -0.3 is 5.11 Å². The number of carbonyl (C=O) groups is 1. The molecular formula is C11H14N2O2. The Morgan fingerprint density at radius 3 is 2.60 bits per heavy atom. The predicted molar refractivity (Wildman–Crippen MR) is 54.6 cm³/mol. The van der Waals surface area contributed by atoms with Crippen LogP contribution in [0, 0.1) is 6.92 Å². The second kappa shape index (κ2) is 3.61. The molecule has 0 saturated heterocycles. The highest BCUT2D eigenvalue weighted by Gasteiger charge is 2.42. The zero-order valence-corrected chi connectivity index (χ0v) is 8.73.